The molecule has 28 heavy (non-hydrogen) atoms. The fourth-order valence-electron chi connectivity index (χ4n) is 3.06. The van der Waals surface area contributed by atoms with Gasteiger partial charge in [-0.1, -0.05) is 48.0 Å². The summed E-state index contributed by atoms with van der Waals surface area (Å²) in [6.07, 6.45) is 0. The fourth-order valence-corrected chi connectivity index (χ4v) is 3.33. The van der Waals surface area contributed by atoms with Gasteiger partial charge in [-0.05, 0) is 19.1 Å². The average Bonchev–Trinajstić information content (AvgIpc) is 2.68. The van der Waals surface area contributed by atoms with E-state index >= 15 is 0 Å². The van der Waals surface area contributed by atoms with Crippen LogP contribution in [0.4, 0.5) is 4.39 Å². The fraction of sp³-hybridized carbons (Fsp3) is 0.143. The smallest absolute Gasteiger partial charge is 0.338 e. The molecule has 0 aliphatic carbocycles. The molecule has 0 amide bonds. The second kappa shape index (κ2) is 8.15. The monoisotopic (exact) mass is 398 g/mol. The highest BCUT2D eigenvalue weighted by Gasteiger charge is 2.40. The van der Waals surface area contributed by atoms with Crippen LogP contribution in [-0.4, -0.2) is 12.6 Å². The van der Waals surface area contributed by atoms with Crippen LogP contribution in [0.25, 0.3) is 5.76 Å². The number of hydrogen-bond acceptors (Lipinski definition) is 5. The van der Waals surface area contributed by atoms with Crippen LogP contribution in [0.1, 0.15) is 24.0 Å². The number of esters is 1. The van der Waals surface area contributed by atoms with E-state index in [0.29, 0.717) is 5.56 Å². The highest BCUT2D eigenvalue weighted by atomic mass is 35.5. The van der Waals surface area contributed by atoms with E-state index in [-0.39, 0.29) is 40.0 Å². The Morgan fingerprint density at radius 3 is 2.61 bits per heavy atom. The van der Waals surface area contributed by atoms with Crippen molar-refractivity contribution in [1.29, 1.82) is 5.26 Å². The van der Waals surface area contributed by atoms with Crippen molar-refractivity contribution in [3.05, 3.63) is 87.5 Å². The van der Waals surface area contributed by atoms with Crippen LogP contribution in [0, 0.1) is 17.1 Å². The summed E-state index contributed by atoms with van der Waals surface area (Å²) in [7, 11) is 0. The zero-order valence-corrected chi connectivity index (χ0v) is 15.7. The van der Waals surface area contributed by atoms with Gasteiger partial charge in [0, 0.05) is 16.1 Å². The van der Waals surface area contributed by atoms with Crippen molar-refractivity contribution >= 4 is 23.3 Å². The Kier molecular flexibility index (Phi) is 5.67. The average molecular weight is 399 g/mol. The lowest BCUT2D eigenvalue weighted by Gasteiger charge is -2.28. The van der Waals surface area contributed by atoms with Crippen LogP contribution in [0.15, 0.2) is 65.6 Å². The second-order valence-corrected chi connectivity index (χ2v) is 6.30. The summed E-state index contributed by atoms with van der Waals surface area (Å²) in [6.45, 7) is 1.73. The number of rotatable bonds is 4. The summed E-state index contributed by atoms with van der Waals surface area (Å²) in [5, 5.41) is 9.71. The molecule has 3 rings (SSSR count). The van der Waals surface area contributed by atoms with Crippen molar-refractivity contribution < 1.29 is 18.7 Å². The molecule has 0 radical (unpaired) electrons. The SMILES string of the molecule is CCOC(=O)C1=C(c2ccccc2)OC(N)=C(C#N)[C@@H]1c1c(F)cccc1Cl. The van der Waals surface area contributed by atoms with E-state index in [0.717, 1.165) is 0 Å². The first-order valence-corrected chi connectivity index (χ1v) is 8.85. The summed E-state index contributed by atoms with van der Waals surface area (Å²) in [5.74, 6) is -2.71. The first-order valence-electron chi connectivity index (χ1n) is 8.47. The Labute approximate surface area is 166 Å². The lowest BCUT2D eigenvalue weighted by atomic mass is 9.81. The van der Waals surface area contributed by atoms with E-state index in [9.17, 15) is 14.4 Å². The second-order valence-electron chi connectivity index (χ2n) is 5.89. The molecule has 2 N–H and O–H groups in total. The molecule has 7 heteroatoms. The molecule has 1 heterocycles. The van der Waals surface area contributed by atoms with Gasteiger partial charge in [0.2, 0.25) is 5.88 Å². The van der Waals surface area contributed by atoms with Gasteiger partial charge in [0.15, 0.2) is 0 Å². The number of halogens is 2. The Bertz CT molecular complexity index is 1010. The number of hydrogen-bond donors (Lipinski definition) is 1. The van der Waals surface area contributed by atoms with Crippen molar-refractivity contribution in [2.24, 2.45) is 5.73 Å². The van der Waals surface area contributed by atoms with Gasteiger partial charge in [-0.3, -0.25) is 0 Å². The molecule has 5 nitrogen and oxygen atoms in total. The minimum atomic E-state index is -1.17. The van der Waals surface area contributed by atoms with Gasteiger partial charge < -0.3 is 15.2 Å². The number of carbonyl (C=O) groups excluding carboxylic acids is 1. The van der Waals surface area contributed by atoms with Gasteiger partial charge in [0.25, 0.3) is 0 Å². The van der Waals surface area contributed by atoms with Crippen molar-refractivity contribution in [2.75, 3.05) is 6.61 Å². The highest BCUT2D eigenvalue weighted by molar-refractivity contribution is 6.31. The maximum atomic E-state index is 14.8. The predicted molar refractivity (Wildman–Crippen MR) is 102 cm³/mol. The third-order valence-electron chi connectivity index (χ3n) is 4.24. The van der Waals surface area contributed by atoms with Crippen molar-refractivity contribution in [1.82, 2.24) is 0 Å². The molecule has 0 aromatic heterocycles. The normalized spacial score (nSPS) is 16.4. The number of nitriles is 1. The number of ether oxygens (including phenoxy) is 2. The van der Waals surface area contributed by atoms with Crippen LogP contribution in [-0.2, 0) is 14.3 Å². The van der Waals surface area contributed by atoms with Gasteiger partial charge in [0.05, 0.1) is 18.1 Å². The zero-order chi connectivity index (χ0) is 20.3. The highest BCUT2D eigenvalue weighted by Crippen LogP contribution is 2.45. The van der Waals surface area contributed by atoms with E-state index in [1.165, 1.54) is 18.2 Å². The largest absolute Gasteiger partial charge is 0.463 e. The van der Waals surface area contributed by atoms with Crippen LogP contribution in [0.2, 0.25) is 5.02 Å². The standard InChI is InChI=1S/C21H16ClFN2O3/c1-2-27-21(26)18-16(17-14(22)9-6-10-15(17)23)13(11-24)20(25)28-19(18)12-7-4-3-5-8-12/h3-10,16H,2,25H2,1H3/t16-/m1/s1. The molecule has 1 atom stereocenters. The van der Waals surface area contributed by atoms with E-state index in [2.05, 4.69) is 0 Å². The molecule has 0 fully saturated rings. The summed E-state index contributed by atoms with van der Waals surface area (Å²) < 4.78 is 25.6. The van der Waals surface area contributed by atoms with Gasteiger partial charge in [-0.15, -0.1) is 0 Å². The number of carbonyl (C=O) groups is 1. The van der Waals surface area contributed by atoms with Crippen LogP contribution in [0.3, 0.4) is 0 Å². The maximum Gasteiger partial charge on any atom is 0.338 e. The minimum absolute atomic E-state index is 0.0363. The summed E-state index contributed by atoms with van der Waals surface area (Å²) in [4.78, 5) is 12.9. The van der Waals surface area contributed by atoms with Crippen LogP contribution < -0.4 is 5.73 Å². The Hall–Kier alpha value is -3.30. The topological polar surface area (TPSA) is 85.3 Å². The molecule has 0 unspecified atom stereocenters. The third-order valence-corrected chi connectivity index (χ3v) is 4.57. The summed E-state index contributed by atoms with van der Waals surface area (Å²) in [5.41, 5.74) is 6.30. The Morgan fingerprint density at radius 1 is 1.29 bits per heavy atom. The molecular formula is C21H16ClFN2O3. The summed E-state index contributed by atoms with van der Waals surface area (Å²) in [6, 6.07) is 14.7. The predicted octanol–water partition coefficient (Wildman–Crippen LogP) is 4.26. The molecule has 0 spiro atoms. The molecule has 0 saturated heterocycles. The summed E-state index contributed by atoms with van der Waals surface area (Å²) >= 11 is 6.25. The number of benzene rings is 2. The van der Waals surface area contributed by atoms with Crippen molar-refractivity contribution in [3.63, 3.8) is 0 Å². The maximum absolute atomic E-state index is 14.8. The molecule has 2 aromatic rings. The molecule has 2 aromatic carbocycles. The first-order chi connectivity index (χ1) is 13.5. The number of nitrogens with two attached hydrogens (primary N) is 1. The zero-order valence-electron chi connectivity index (χ0n) is 14.9. The Balaban J connectivity index is 2.35. The van der Waals surface area contributed by atoms with Gasteiger partial charge in [-0.25, -0.2) is 9.18 Å². The molecule has 1 aliphatic heterocycles. The van der Waals surface area contributed by atoms with E-state index < -0.39 is 17.7 Å². The number of allylic oxidation sites excluding steroid dienone is 1. The minimum Gasteiger partial charge on any atom is -0.463 e. The van der Waals surface area contributed by atoms with Gasteiger partial charge >= 0.3 is 5.97 Å². The van der Waals surface area contributed by atoms with E-state index in [1.807, 2.05) is 6.07 Å². The van der Waals surface area contributed by atoms with Crippen LogP contribution >= 0.6 is 11.6 Å². The quantitative estimate of drug-likeness (QED) is 0.777. The van der Waals surface area contributed by atoms with Crippen molar-refractivity contribution in [2.45, 2.75) is 12.8 Å². The number of nitrogens with zero attached hydrogens (tertiary/aromatic N) is 1. The molecule has 142 valence electrons. The lowest BCUT2D eigenvalue weighted by Crippen LogP contribution is -2.26. The van der Waals surface area contributed by atoms with E-state index in [1.54, 1.807) is 37.3 Å². The third kappa shape index (κ3) is 3.45. The molecular weight excluding hydrogens is 383 g/mol. The van der Waals surface area contributed by atoms with Gasteiger partial charge in [-0.2, -0.15) is 5.26 Å². The molecule has 0 bridgehead atoms. The van der Waals surface area contributed by atoms with Crippen LogP contribution in [0.5, 0.6) is 0 Å². The lowest BCUT2D eigenvalue weighted by molar-refractivity contribution is -0.138. The Morgan fingerprint density at radius 2 is 2.00 bits per heavy atom. The van der Waals surface area contributed by atoms with Gasteiger partial charge in [0.1, 0.15) is 23.2 Å². The molecule has 0 saturated carbocycles. The first kappa shape index (κ1) is 19.5. The van der Waals surface area contributed by atoms with E-state index in [4.69, 9.17) is 26.8 Å². The molecule has 1 aliphatic rings. The van der Waals surface area contributed by atoms with Crippen molar-refractivity contribution in [3.8, 4) is 6.07 Å².